The number of carboxylic acids is 1. The minimum Gasteiger partial charge on any atom is -0.495 e. The van der Waals surface area contributed by atoms with Crippen molar-refractivity contribution in [3.63, 3.8) is 0 Å². The number of nitrogens with zero attached hydrogens (tertiary/aromatic N) is 2. The third-order valence-corrected chi connectivity index (χ3v) is 6.35. The Morgan fingerprint density at radius 1 is 1.05 bits per heavy atom. The van der Waals surface area contributed by atoms with Gasteiger partial charge in [-0.2, -0.15) is 0 Å². The van der Waals surface area contributed by atoms with Gasteiger partial charge in [0, 0.05) is 12.7 Å². The first-order valence-corrected chi connectivity index (χ1v) is 12.8. The zero-order valence-corrected chi connectivity index (χ0v) is 23.3. The molecule has 2 unspecified atom stereocenters. The molecule has 41 heavy (non-hydrogen) atoms. The van der Waals surface area contributed by atoms with Crippen LogP contribution in [0.5, 0.6) is 5.75 Å². The SMILES string of the molecule is COc1cc(CC(=O)N(C)c2ccc(C(CC(=O)O)NC(N)C(C)=O)nc2)ccc1NC(=O)Nc1ccccc1C. The Balaban J connectivity index is 1.66. The lowest BCUT2D eigenvalue weighted by atomic mass is 10.1. The summed E-state index contributed by atoms with van der Waals surface area (Å²) >= 11 is 0. The molecule has 6 N–H and O–H groups in total. The summed E-state index contributed by atoms with van der Waals surface area (Å²) in [5.41, 5.74) is 9.31. The van der Waals surface area contributed by atoms with Crippen molar-refractivity contribution < 1.29 is 29.0 Å². The molecule has 3 aromatic rings. The van der Waals surface area contributed by atoms with Crippen LogP contribution in [0.3, 0.4) is 0 Å². The maximum Gasteiger partial charge on any atom is 0.323 e. The number of nitrogens with one attached hydrogen (secondary N) is 3. The second-order valence-corrected chi connectivity index (χ2v) is 9.40. The van der Waals surface area contributed by atoms with Crippen LogP contribution in [-0.4, -0.2) is 54.1 Å². The number of amides is 3. The lowest BCUT2D eigenvalue weighted by Gasteiger charge is -2.22. The average Bonchev–Trinajstić information content (AvgIpc) is 2.94. The van der Waals surface area contributed by atoms with Crippen LogP contribution in [0.15, 0.2) is 60.8 Å². The quantitative estimate of drug-likeness (QED) is 0.207. The topological polar surface area (TPSA) is 176 Å². The van der Waals surface area contributed by atoms with Crippen molar-refractivity contribution in [2.24, 2.45) is 5.73 Å². The molecule has 0 aliphatic rings. The number of aryl methyl sites for hydroxylation is 1. The van der Waals surface area contributed by atoms with E-state index in [9.17, 15) is 24.3 Å². The molecule has 216 valence electrons. The molecule has 3 rings (SSSR count). The van der Waals surface area contributed by atoms with Crippen LogP contribution in [0.4, 0.5) is 21.9 Å². The monoisotopic (exact) mass is 562 g/mol. The van der Waals surface area contributed by atoms with E-state index in [0.717, 1.165) is 5.56 Å². The van der Waals surface area contributed by atoms with Gasteiger partial charge in [0.25, 0.3) is 0 Å². The lowest BCUT2D eigenvalue weighted by molar-refractivity contribution is -0.138. The molecule has 0 aliphatic carbocycles. The number of para-hydroxylation sites is 1. The number of carbonyl (C=O) groups excluding carboxylic acids is 3. The largest absolute Gasteiger partial charge is 0.495 e. The minimum absolute atomic E-state index is 0.0426. The number of hydrogen-bond donors (Lipinski definition) is 5. The summed E-state index contributed by atoms with van der Waals surface area (Å²) in [5.74, 6) is -1.27. The van der Waals surface area contributed by atoms with Gasteiger partial charge < -0.3 is 31.1 Å². The molecule has 0 bridgehead atoms. The molecule has 2 atom stereocenters. The van der Waals surface area contributed by atoms with Gasteiger partial charge in [0.2, 0.25) is 5.91 Å². The van der Waals surface area contributed by atoms with Crippen LogP contribution in [0, 0.1) is 6.92 Å². The van der Waals surface area contributed by atoms with Gasteiger partial charge in [-0.1, -0.05) is 24.3 Å². The Morgan fingerprint density at radius 2 is 1.76 bits per heavy atom. The number of benzene rings is 2. The highest BCUT2D eigenvalue weighted by atomic mass is 16.5. The molecule has 12 heteroatoms. The number of carbonyl (C=O) groups is 4. The molecule has 0 spiro atoms. The number of carboxylic acid groups (broad SMARTS) is 1. The highest BCUT2D eigenvalue weighted by Crippen LogP contribution is 2.27. The number of ether oxygens (including phenoxy) is 1. The van der Waals surface area contributed by atoms with Gasteiger partial charge in [-0.3, -0.25) is 24.7 Å². The van der Waals surface area contributed by atoms with E-state index in [0.29, 0.717) is 34.1 Å². The smallest absolute Gasteiger partial charge is 0.323 e. The van der Waals surface area contributed by atoms with E-state index in [1.54, 1.807) is 43.4 Å². The number of ketones is 1. The summed E-state index contributed by atoms with van der Waals surface area (Å²) in [6.07, 6.45) is 0.124. The number of aromatic nitrogens is 1. The van der Waals surface area contributed by atoms with E-state index in [2.05, 4.69) is 20.9 Å². The molecule has 3 amide bonds. The molecule has 12 nitrogen and oxygen atoms in total. The number of anilines is 3. The maximum atomic E-state index is 13.0. The van der Waals surface area contributed by atoms with Gasteiger partial charge in [-0.25, -0.2) is 4.79 Å². The molecule has 0 saturated carbocycles. The number of likely N-dealkylation sites (N-methyl/N-ethyl adjacent to an activating group) is 1. The normalized spacial score (nSPS) is 12.1. The molecule has 0 radical (unpaired) electrons. The van der Waals surface area contributed by atoms with E-state index >= 15 is 0 Å². The third kappa shape index (κ3) is 8.59. The maximum absolute atomic E-state index is 13.0. The van der Waals surface area contributed by atoms with Crippen molar-refractivity contribution in [1.29, 1.82) is 0 Å². The van der Waals surface area contributed by atoms with Gasteiger partial charge >= 0.3 is 12.0 Å². The first kappa shape index (κ1) is 30.7. The van der Waals surface area contributed by atoms with Crippen molar-refractivity contribution in [2.75, 3.05) is 29.7 Å². The molecule has 1 heterocycles. The number of nitrogens with two attached hydrogens (primary N) is 1. The Labute approximate surface area is 237 Å². The zero-order valence-electron chi connectivity index (χ0n) is 23.3. The van der Waals surface area contributed by atoms with E-state index in [1.807, 2.05) is 25.1 Å². The minimum atomic E-state index is -1.08. The fourth-order valence-electron chi connectivity index (χ4n) is 3.93. The standard InChI is InChI=1S/C29H34N6O6/c1-17-7-5-6-8-21(17)33-29(40)34-23-11-9-19(13-25(23)41-4)14-26(37)35(3)20-10-12-22(31-16-20)24(15-27(38)39)32-28(30)18(2)36/h5-13,16,24,28,32H,14-15,30H2,1-4H3,(H,38,39)(H2,33,34,40). The van der Waals surface area contributed by atoms with E-state index in [1.165, 1.54) is 25.1 Å². The molecular weight excluding hydrogens is 528 g/mol. The number of rotatable bonds is 12. The van der Waals surface area contributed by atoms with Crippen LogP contribution in [0.1, 0.15) is 36.2 Å². The van der Waals surface area contributed by atoms with Crippen LogP contribution in [0.2, 0.25) is 0 Å². The van der Waals surface area contributed by atoms with E-state index < -0.39 is 24.2 Å². The van der Waals surface area contributed by atoms with Gasteiger partial charge in [-0.05, 0) is 55.3 Å². The second kappa shape index (κ2) is 14.0. The summed E-state index contributed by atoms with van der Waals surface area (Å²) in [6, 6.07) is 14.5. The van der Waals surface area contributed by atoms with Crippen molar-refractivity contribution in [1.82, 2.24) is 10.3 Å². The van der Waals surface area contributed by atoms with Crippen molar-refractivity contribution >= 4 is 40.8 Å². The van der Waals surface area contributed by atoms with Gasteiger partial charge in [0.05, 0.1) is 49.3 Å². The fraction of sp³-hybridized carbons (Fsp3) is 0.276. The van der Waals surface area contributed by atoms with E-state index in [4.69, 9.17) is 10.5 Å². The van der Waals surface area contributed by atoms with Gasteiger partial charge in [-0.15, -0.1) is 0 Å². The number of methoxy groups -OCH3 is 1. The Hall–Kier alpha value is -4.81. The van der Waals surface area contributed by atoms with Crippen LogP contribution in [-0.2, 0) is 20.8 Å². The summed E-state index contributed by atoms with van der Waals surface area (Å²) < 4.78 is 5.44. The average molecular weight is 563 g/mol. The predicted octanol–water partition coefficient (Wildman–Crippen LogP) is 3.23. The van der Waals surface area contributed by atoms with Crippen LogP contribution >= 0.6 is 0 Å². The molecule has 0 fully saturated rings. The highest BCUT2D eigenvalue weighted by Gasteiger charge is 2.22. The highest BCUT2D eigenvalue weighted by molar-refractivity contribution is 6.01. The molecule has 2 aromatic carbocycles. The van der Waals surface area contributed by atoms with Crippen LogP contribution < -0.4 is 31.3 Å². The summed E-state index contributed by atoms with van der Waals surface area (Å²) in [7, 11) is 3.07. The predicted molar refractivity (Wildman–Crippen MR) is 155 cm³/mol. The summed E-state index contributed by atoms with van der Waals surface area (Å²) in [5, 5.41) is 17.6. The Morgan fingerprint density at radius 3 is 2.37 bits per heavy atom. The molecular formula is C29H34N6O6. The number of pyridine rings is 1. The lowest BCUT2D eigenvalue weighted by Crippen LogP contribution is -2.45. The fourth-order valence-corrected chi connectivity index (χ4v) is 3.93. The number of aliphatic carboxylic acids is 1. The Bertz CT molecular complexity index is 1410. The van der Waals surface area contributed by atoms with Gasteiger partial charge in [0.1, 0.15) is 11.9 Å². The van der Waals surface area contributed by atoms with Crippen LogP contribution in [0.25, 0.3) is 0 Å². The molecule has 0 aliphatic heterocycles. The summed E-state index contributed by atoms with van der Waals surface area (Å²) in [4.78, 5) is 54.1. The van der Waals surface area contributed by atoms with Crippen molar-refractivity contribution in [2.45, 2.75) is 38.9 Å². The molecule has 1 aromatic heterocycles. The zero-order chi connectivity index (χ0) is 30.1. The summed E-state index contributed by atoms with van der Waals surface area (Å²) in [6.45, 7) is 3.19. The third-order valence-electron chi connectivity index (χ3n) is 6.35. The Kier molecular flexibility index (Phi) is 10.5. The van der Waals surface area contributed by atoms with Crippen molar-refractivity contribution in [3.05, 3.63) is 77.6 Å². The first-order valence-electron chi connectivity index (χ1n) is 12.8. The van der Waals surface area contributed by atoms with E-state index in [-0.39, 0.29) is 24.5 Å². The van der Waals surface area contributed by atoms with Crippen molar-refractivity contribution in [3.8, 4) is 5.75 Å². The number of Topliss-reactive ketones (excluding diaryl/α,β-unsaturated/α-hetero) is 1. The first-order chi connectivity index (χ1) is 19.5. The molecule has 0 saturated heterocycles. The van der Waals surface area contributed by atoms with Gasteiger partial charge in [0.15, 0.2) is 5.78 Å². The number of urea groups is 1. The number of hydrogen-bond acceptors (Lipinski definition) is 8. The second-order valence-electron chi connectivity index (χ2n) is 9.40.